The molecule has 0 radical (unpaired) electrons. The molecule has 0 aliphatic carbocycles. The van der Waals surface area contributed by atoms with Gasteiger partial charge in [0.15, 0.2) is 0 Å². The Morgan fingerprint density at radius 3 is 2.15 bits per heavy atom. The SMILES string of the molecule is CN(C)c1ccccc1NC(=O)C(=O)NCCc1ccc(C(C)(C)C)cc1. The van der Waals surface area contributed by atoms with E-state index in [0.717, 1.165) is 11.3 Å². The maximum Gasteiger partial charge on any atom is 0.313 e. The van der Waals surface area contributed by atoms with Crippen molar-refractivity contribution in [3.05, 3.63) is 59.7 Å². The van der Waals surface area contributed by atoms with Gasteiger partial charge >= 0.3 is 11.8 Å². The number of nitrogens with one attached hydrogen (secondary N) is 2. The molecule has 0 aliphatic heterocycles. The molecule has 0 atom stereocenters. The normalized spacial score (nSPS) is 11.0. The van der Waals surface area contributed by atoms with Crippen molar-refractivity contribution >= 4 is 23.2 Å². The summed E-state index contributed by atoms with van der Waals surface area (Å²) in [5, 5.41) is 5.35. The molecule has 0 heterocycles. The summed E-state index contributed by atoms with van der Waals surface area (Å²) < 4.78 is 0. The Balaban J connectivity index is 1.86. The predicted molar refractivity (Wildman–Crippen MR) is 111 cm³/mol. The summed E-state index contributed by atoms with van der Waals surface area (Å²) in [5.41, 5.74) is 3.97. The van der Waals surface area contributed by atoms with Crippen molar-refractivity contribution in [3.8, 4) is 0 Å². The second-order valence-electron chi connectivity index (χ2n) is 7.82. The molecule has 0 spiro atoms. The minimum Gasteiger partial charge on any atom is -0.376 e. The number of carbonyl (C=O) groups is 2. The van der Waals surface area contributed by atoms with E-state index in [2.05, 4.69) is 55.7 Å². The third-order valence-corrected chi connectivity index (χ3v) is 4.36. The topological polar surface area (TPSA) is 61.4 Å². The monoisotopic (exact) mass is 367 g/mol. The molecule has 0 saturated heterocycles. The molecular formula is C22H29N3O2. The Morgan fingerprint density at radius 1 is 0.926 bits per heavy atom. The Labute approximate surface area is 161 Å². The lowest BCUT2D eigenvalue weighted by atomic mass is 9.86. The van der Waals surface area contributed by atoms with Crippen LogP contribution in [0.1, 0.15) is 31.9 Å². The molecule has 2 aromatic carbocycles. The highest BCUT2D eigenvalue weighted by molar-refractivity contribution is 6.39. The number of hydrogen-bond donors (Lipinski definition) is 2. The van der Waals surface area contributed by atoms with Gasteiger partial charge in [0.25, 0.3) is 0 Å². The predicted octanol–water partition coefficient (Wildman–Crippen LogP) is 3.35. The zero-order valence-electron chi connectivity index (χ0n) is 16.8. The minimum absolute atomic E-state index is 0.119. The molecule has 0 bridgehead atoms. The fraction of sp³-hybridized carbons (Fsp3) is 0.364. The fourth-order valence-electron chi connectivity index (χ4n) is 2.72. The number of nitrogens with zero attached hydrogens (tertiary/aromatic N) is 1. The van der Waals surface area contributed by atoms with Gasteiger partial charge in [-0.05, 0) is 35.1 Å². The van der Waals surface area contributed by atoms with Crippen LogP contribution in [0.3, 0.4) is 0 Å². The molecule has 2 rings (SSSR count). The molecule has 0 fully saturated rings. The summed E-state index contributed by atoms with van der Waals surface area (Å²) >= 11 is 0. The first-order valence-corrected chi connectivity index (χ1v) is 9.13. The fourth-order valence-corrected chi connectivity index (χ4v) is 2.72. The summed E-state index contributed by atoms with van der Waals surface area (Å²) in [6.45, 7) is 6.94. The smallest absolute Gasteiger partial charge is 0.313 e. The first-order chi connectivity index (χ1) is 12.7. The molecule has 2 N–H and O–H groups in total. The van der Waals surface area contributed by atoms with Gasteiger partial charge < -0.3 is 15.5 Å². The Morgan fingerprint density at radius 2 is 1.56 bits per heavy atom. The third kappa shape index (κ3) is 5.84. The third-order valence-electron chi connectivity index (χ3n) is 4.36. The molecule has 2 aromatic rings. The van der Waals surface area contributed by atoms with E-state index in [9.17, 15) is 9.59 Å². The van der Waals surface area contributed by atoms with Gasteiger partial charge in [0.1, 0.15) is 0 Å². The average Bonchev–Trinajstić information content (AvgIpc) is 2.61. The van der Waals surface area contributed by atoms with Crippen LogP contribution in [0.2, 0.25) is 0 Å². The molecule has 5 nitrogen and oxygen atoms in total. The van der Waals surface area contributed by atoms with Crippen molar-refractivity contribution in [1.29, 1.82) is 0 Å². The standard InChI is InChI=1S/C22H29N3O2/c1-22(2,3)17-12-10-16(11-13-17)14-15-23-20(26)21(27)24-18-8-6-7-9-19(18)25(4)5/h6-13H,14-15H2,1-5H3,(H,23,26)(H,24,27). The average molecular weight is 367 g/mol. The van der Waals surface area contributed by atoms with Crippen molar-refractivity contribution in [2.75, 3.05) is 30.9 Å². The number of anilines is 2. The van der Waals surface area contributed by atoms with Crippen LogP contribution in [0, 0.1) is 0 Å². The summed E-state index contributed by atoms with van der Waals surface area (Å²) in [6, 6.07) is 15.7. The van der Waals surface area contributed by atoms with Crippen LogP contribution in [-0.4, -0.2) is 32.5 Å². The van der Waals surface area contributed by atoms with E-state index in [-0.39, 0.29) is 5.41 Å². The van der Waals surface area contributed by atoms with E-state index in [0.29, 0.717) is 18.7 Å². The molecule has 27 heavy (non-hydrogen) atoms. The van der Waals surface area contributed by atoms with Gasteiger partial charge in [-0.1, -0.05) is 57.2 Å². The molecule has 0 aromatic heterocycles. The highest BCUT2D eigenvalue weighted by atomic mass is 16.2. The Hall–Kier alpha value is -2.82. The van der Waals surface area contributed by atoms with Crippen LogP contribution >= 0.6 is 0 Å². The quantitative estimate of drug-likeness (QED) is 0.797. The number of para-hydroxylation sites is 2. The number of amides is 2. The molecule has 0 aliphatic rings. The first-order valence-electron chi connectivity index (χ1n) is 9.13. The van der Waals surface area contributed by atoms with Crippen molar-refractivity contribution in [2.45, 2.75) is 32.6 Å². The molecule has 0 saturated carbocycles. The van der Waals surface area contributed by atoms with Crippen molar-refractivity contribution < 1.29 is 9.59 Å². The lowest BCUT2D eigenvalue weighted by molar-refractivity contribution is -0.136. The van der Waals surface area contributed by atoms with Crippen molar-refractivity contribution in [3.63, 3.8) is 0 Å². The van der Waals surface area contributed by atoms with Gasteiger partial charge in [-0.2, -0.15) is 0 Å². The van der Waals surface area contributed by atoms with Crippen LogP contribution < -0.4 is 15.5 Å². The summed E-state index contributed by atoms with van der Waals surface area (Å²) in [7, 11) is 3.77. The summed E-state index contributed by atoms with van der Waals surface area (Å²) in [5.74, 6) is -1.29. The molecule has 2 amide bonds. The van der Waals surface area contributed by atoms with Crippen LogP contribution in [0.15, 0.2) is 48.5 Å². The van der Waals surface area contributed by atoms with Crippen LogP contribution in [0.5, 0.6) is 0 Å². The van der Waals surface area contributed by atoms with Crippen LogP contribution in [0.4, 0.5) is 11.4 Å². The second-order valence-corrected chi connectivity index (χ2v) is 7.82. The van der Waals surface area contributed by atoms with Crippen molar-refractivity contribution in [2.24, 2.45) is 0 Å². The molecular weight excluding hydrogens is 338 g/mol. The van der Waals surface area contributed by atoms with Gasteiger partial charge in [0.05, 0.1) is 11.4 Å². The van der Waals surface area contributed by atoms with E-state index >= 15 is 0 Å². The molecule has 5 heteroatoms. The zero-order chi connectivity index (χ0) is 20.0. The molecule has 144 valence electrons. The highest BCUT2D eigenvalue weighted by Gasteiger charge is 2.16. The minimum atomic E-state index is -0.660. The van der Waals surface area contributed by atoms with Gasteiger partial charge in [-0.3, -0.25) is 9.59 Å². The van der Waals surface area contributed by atoms with Gasteiger partial charge in [-0.15, -0.1) is 0 Å². The van der Waals surface area contributed by atoms with Gasteiger partial charge in [0, 0.05) is 20.6 Å². The first kappa shape index (κ1) is 20.5. The maximum atomic E-state index is 12.1. The van der Waals surface area contributed by atoms with E-state index < -0.39 is 11.8 Å². The Bertz CT molecular complexity index is 790. The van der Waals surface area contributed by atoms with Gasteiger partial charge in [0.2, 0.25) is 0 Å². The number of benzene rings is 2. The van der Waals surface area contributed by atoms with E-state index in [4.69, 9.17) is 0 Å². The van der Waals surface area contributed by atoms with E-state index in [1.54, 1.807) is 6.07 Å². The van der Waals surface area contributed by atoms with E-state index in [1.807, 2.05) is 37.2 Å². The second kappa shape index (κ2) is 8.71. The summed E-state index contributed by atoms with van der Waals surface area (Å²) in [4.78, 5) is 26.1. The van der Waals surface area contributed by atoms with Crippen molar-refractivity contribution in [1.82, 2.24) is 5.32 Å². The summed E-state index contributed by atoms with van der Waals surface area (Å²) in [6.07, 6.45) is 0.678. The Kier molecular flexibility index (Phi) is 6.61. The van der Waals surface area contributed by atoms with Crippen LogP contribution in [-0.2, 0) is 21.4 Å². The lowest BCUT2D eigenvalue weighted by Gasteiger charge is -2.19. The maximum absolute atomic E-state index is 12.1. The number of hydrogen-bond acceptors (Lipinski definition) is 3. The zero-order valence-corrected chi connectivity index (χ0v) is 16.8. The van der Waals surface area contributed by atoms with Crippen LogP contribution in [0.25, 0.3) is 0 Å². The van der Waals surface area contributed by atoms with Gasteiger partial charge in [-0.25, -0.2) is 0 Å². The van der Waals surface area contributed by atoms with E-state index in [1.165, 1.54) is 5.56 Å². The largest absolute Gasteiger partial charge is 0.376 e. The molecule has 0 unspecified atom stereocenters. The highest BCUT2D eigenvalue weighted by Crippen LogP contribution is 2.23. The lowest BCUT2D eigenvalue weighted by Crippen LogP contribution is -2.36. The number of rotatable bonds is 5. The number of carbonyl (C=O) groups excluding carboxylic acids is 2.